The first-order valence-electron chi connectivity index (χ1n) is 6.37. The molecule has 0 radical (unpaired) electrons. The highest BCUT2D eigenvalue weighted by Crippen LogP contribution is 2.15. The molecule has 0 saturated heterocycles. The Bertz CT molecular complexity index is 389. The van der Waals surface area contributed by atoms with E-state index in [1.807, 2.05) is 12.4 Å². The van der Waals surface area contributed by atoms with E-state index in [0.717, 1.165) is 17.8 Å². The number of amides is 1. The van der Waals surface area contributed by atoms with Crippen molar-refractivity contribution in [2.75, 3.05) is 13.6 Å². The van der Waals surface area contributed by atoms with E-state index < -0.39 is 0 Å². The smallest absolute Gasteiger partial charge is 0.273 e. The highest BCUT2D eigenvalue weighted by atomic mass is 32.1. The molecular weight excluding hydrogens is 246 g/mol. The summed E-state index contributed by atoms with van der Waals surface area (Å²) in [6, 6.07) is 0.233. The lowest BCUT2D eigenvalue weighted by Gasteiger charge is -2.25. The highest BCUT2D eigenvalue weighted by molar-refractivity contribution is 7.09. The van der Waals surface area contributed by atoms with Crippen LogP contribution < -0.4 is 5.73 Å². The monoisotopic (exact) mass is 269 g/mol. The summed E-state index contributed by atoms with van der Waals surface area (Å²) in [4.78, 5) is 18.3. The molecule has 1 aromatic heterocycles. The second kappa shape index (κ2) is 6.85. The van der Waals surface area contributed by atoms with Gasteiger partial charge in [-0.15, -0.1) is 11.3 Å². The van der Waals surface area contributed by atoms with Gasteiger partial charge in [0.1, 0.15) is 5.69 Å². The molecule has 0 saturated carbocycles. The number of carbonyl (C=O) groups excluding carboxylic acids is 1. The maximum absolute atomic E-state index is 12.2. The number of thiazole rings is 1. The number of aromatic nitrogens is 1. The molecule has 0 aliphatic carbocycles. The van der Waals surface area contributed by atoms with Gasteiger partial charge in [-0.1, -0.05) is 13.8 Å². The van der Waals surface area contributed by atoms with Crippen LogP contribution >= 0.6 is 11.3 Å². The molecule has 1 amide bonds. The lowest BCUT2D eigenvalue weighted by molar-refractivity contribution is 0.0723. The van der Waals surface area contributed by atoms with Crippen LogP contribution in [-0.2, 0) is 6.42 Å². The Kier molecular flexibility index (Phi) is 5.75. The molecule has 0 aliphatic rings. The number of nitrogens with two attached hydrogens (primary N) is 1. The van der Waals surface area contributed by atoms with Gasteiger partial charge in [-0.2, -0.15) is 0 Å². The maximum atomic E-state index is 12.2. The maximum Gasteiger partial charge on any atom is 0.273 e. The topological polar surface area (TPSA) is 59.2 Å². The van der Waals surface area contributed by atoms with E-state index >= 15 is 0 Å². The van der Waals surface area contributed by atoms with Gasteiger partial charge in [-0.3, -0.25) is 4.79 Å². The number of rotatable bonds is 6. The van der Waals surface area contributed by atoms with Gasteiger partial charge in [-0.25, -0.2) is 4.98 Å². The predicted molar refractivity (Wildman–Crippen MR) is 75.9 cm³/mol. The molecule has 0 aliphatic heterocycles. The fourth-order valence-corrected chi connectivity index (χ4v) is 2.66. The van der Waals surface area contributed by atoms with Gasteiger partial charge in [0.05, 0.1) is 5.01 Å². The van der Waals surface area contributed by atoms with Crippen LogP contribution in [0.25, 0.3) is 0 Å². The van der Waals surface area contributed by atoms with Crippen molar-refractivity contribution in [3.8, 4) is 0 Å². The summed E-state index contributed by atoms with van der Waals surface area (Å²) in [5.41, 5.74) is 6.02. The number of hydrogen-bond acceptors (Lipinski definition) is 4. The molecule has 1 aromatic rings. The Hall–Kier alpha value is -0.940. The Morgan fingerprint density at radius 3 is 2.72 bits per heavy atom. The third kappa shape index (κ3) is 4.07. The zero-order valence-corrected chi connectivity index (χ0v) is 12.5. The van der Waals surface area contributed by atoms with Crippen LogP contribution in [0.3, 0.4) is 0 Å². The van der Waals surface area contributed by atoms with Crippen molar-refractivity contribution in [2.24, 2.45) is 11.7 Å². The van der Waals surface area contributed by atoms with E-state index in [9.17, 15) is 4.79 Å². The second-order valence-electron chi connectivity index (χ2n) is 5.06. The molecule has 0 spiro atoms. The third-order valence-corrected chi connectivity index (χ3v) is 3.83. The van der Waals surface area contributed by atoms with Crippen molar-refractivity contribution in [3.63, 3.8) is 0 Å². The van der Waals surface area contributed by atoms with Crippen LogP contribution in [0.15, 0.2) is 5.38 Å². The molecule has 0 fully saturated rings. The van der Waals surface area contributed by atoms with Crippen LogP contribution in [0, 0.1) is 5.92 Å². The Balaban J connectivity index is 2.67. The van der Waals surface area contributed by atoms with E-state index in [0.29, 0.717) is 18.2 Å². The van der Waals surface area contributed by atoms with Crippen molar-refractivity contribution in [3.05, 3.63) is 16.1 Å². The van der Waals surface area contributed by atoms with Gasteiger partial charge in [0.15, 0.2) is 0 Å². The van der Waals surface area contributed by atoms with Gasteiger partial charge < -0.3 is 10.6 Å². The summed E-state index contributed by atoms with van der Waals surface area (Å²) >= 11 is 1.51. The summed E-state index contributed by atoms with van der Waals surface area (Å²) in [5.74, 6) is 0.584. The van der Waals surface area contributed by atoms with E-state index in [1.165, 1.54) is 11.3 Å². The van der Waals surface area contributed by atoms with Crippen molar-refractivity contribution < 1.29 is 4.79 Å². The number of nitrogens with zero attached hydrogens (tertiary/aromatic N) is 2. The fourth-order valence-electron chi connectivity index (χ4n) is 1.87. The molecule has 0 aromatic carbocycles. The Morgan fingerprint density at radius 2 is 2.17 bits per heavy atom. The minimum absolute atomic E-state index is 0.00247. The van der Waals surface area contributed by atoms with Gasteiger partial charge in [-0.05, 0) is 25.8 Å². The van der Waals surface area contributed by atoms with Crippen LogP contribution in [0.2, 0.25) is 0 Å². The van der Waals surface area contributed by atoms with Gasteiger partial charge in [0, 0.05) is 24.9 Å². The van der Waals surface area contributed by atoms with E-state index in [2.05, 4.69) is 25.8 Å². The van der Waals surface area contributed by atoms with Crippen LogP contribution in [0.4, 0.5) is 0 Å². The average Bonchev–Trinajstić information content (AvgIpc) is 2.75. The summed E-state index contributed by atoms with van der Waals surface area (Å²) in [6.45, 7) is 6.97. The molecule has 0 bridgehead atoms. The molecule has 18 heavy (non-hydrogen) atoms. The molecule has 102 valence electrons. The second-order valence-corrected chi connectivity index (χ2v) is 6.00. The molecule has 1 rings (SSSR count). The van der Waals surface area contributed by atoms with Crippen molar-refractivity contribution >= 4 is 17.2 Å². The molecule has 4 nitrogen and oxygen atoms in total. The van der Waals surface area contributed by atoms with Crippen LogP contribution in [-0.4, -0.2) is 35.4 Å². The first kappa shape index (κ1) is 15.1. The Morgan fingerprint density at radius 1 is 1.50 bits per heavy atom. The normalized spacial score (nSPS) is 12.8. The van der Waals surface area contributed by atoms with Gasteiger partial charge in [0.2, 0.25) is 0 Å². The third-order valence-electron chi connectivity index (χ3n) is 2.92. The molecule has 1 unspecified atom stereocenters. The van der Waals surface area contributed by atoms with E-state index in [4.69, 9.17) is 5.73 Å². The minimum Gasteiger partial charge on any atom is -0.338 e. The summed E-state index contributed by atoms with van der Waals surface area (Å²) in [6.07, 6.45) is 1.74. The summed E-state index contributed by atoms with van der Waals surface area (Å²) < 4.78 is 0. The molecule has 5 heteroatoms. The number of hydrogen-bond donors (Lipinski definition) is 1. The van der Waals surface area contributed by atoms with E-state index in [1.54, 1.807) is 4.90 Å². The fraction of sp³-hybridized carbons (Fsp3) is 0.692. The zero-order chi connectivity index (χ0) is 13.7. The standard InChI is InChI=1S/C13H23N3OS/c1-9(2)7-10(3)16(4)13(17)11-8-18-12(15-11)5-6-14/h8-10H,5-7,14H2,1-4H3. The first-order valence-corrected chi connectivity index (χ1v) is 7.25. The predicted octanol–water partition coefficient (Wildman–Crippen LogP) is 2.15. The minimum atomic E-state index is 0.00247. The number of carbonyl (C=O) groups is 1. The molecular formula is C13H23N3OS. The zero-order valence-electron chi connectivity index (χ0n) is 11.6. The quantitative estimate of drug-likeness (QED) is 0.861. The molecule has 1 heterocycles. The largest absolute Gasteiger partial charge is 0.338 e. The van der Waals surface area contributed by atoms with Crippen LogP contribution in [0.1, 0.15) is 42.7 Å². The molecule has 1 atom stereocenters. The van der Waals surface area contributed by atoms with Crippen molar-refractivity contribution in [1.29, 1.82) is 0 Å². The average molecular weight is 269 g/mol. The lowest BCUT2D eigenvalue weighted by Crippen LogP contribution is -2.36. The van der Waals surface area contributed by atoms with Crippen molar-refractivity contribution in [2.45, 2.75) is 39.7 Å². The van der Waals surface area contributed by atoms with Crippen molar-refractivity contribution in [1.82, 2.24) is 9.88 Å². The first-order chi connectivity index (χ1) is 8.45. The molecule has 2 N–H and O–H groups in total. The summed E-state index contributed by atoms with van der Waals surface area (Å²) in [5, 5.41) is 2.76. The van der Waals surface area contributed by atoms with Gasteiger partial charge >= 0.3 is 0 Å². The van der Waals surface area contributed by atoms with Gasteiger partial charge in [0.25, 0.3) is 5.91 Å². The lowest BCUT2D eigenvalue weighted by atomic mass is 10.0. The highest BCUT2D eigenvalue weighted by Gasteiger charge is 2.20. The summed E-state index contributed by atoms with van der Waals surface area (Å²) in [7, 11) is 1.84. The van der Waals surface area contributed by atoms with E-state index in [-0.39, 0.29) is 11.9 Å². The van der Waals surface area contributed by atoms with Crippen LogP contribution in [0.5, 0.6) is 0 Å². The SMILES string of the molecule is CC(C)CC(C)N(C)C(=O)c1csc(CCN)n1. The Labute approximate surface area is 113 Å².